The molecule has 0 saturated heterocycles. The van der Waals surface area contributed by atoms with Crippen molar-refractivity contribution in [3.8, 4) is 0 Å². The highest BCUT2D eigenvalue weighted by Gasteiger charge is 2.39. The van der Waals surface area contributed by atoms with E-state index in [1.165, 1.54) is 0 Å². The molecule has 6 nitrogen and oxygen atoms in total. The lowest BCUT2D eigenvalue weighted by Gasteiger charge is -2.19. The molecule has 0 unspecified atom stereocenters. The maximum atomic E-state index is 12.4. The normalized spacial score (nSPS) is 19.0. The number of carbonyl (C=O) groups excluding carboxylic acids is 2. The first kappa shape index (κ1) is 15.2. The van der Waals surface area contributed by atoms with E-state index in [1.807, 2.05) is 25.1 Å². The van der Waals surface area contributed by atoms with Crippen LogP contribution in [0.5, 0.6) is 0 Å². The number of hydroxylamine groups is 1. The first-order chi connectivity index (χ1) is 11.1. The number of pyridine rings is 1. The minimum atomic E-state index is -0.584. The second-order valence-corrected chi connectivity index (χ2v) is 5.65. The Bertz CT molecular complexity index is 743. The van der Waals surface area contributed by atoms with E-state index in [4.69, 9.17) is 5.21 Å². The first-order valence-electron chi connectivity index (χ1n) is 7.35. The number of nitrogens with one attached hydrogen (secondary N) is 2. The van der Waals surface area contributed by atoms with Crippen molar-refractivity contribution in [3.63, 3.8) is 0 Å². The van der Waals surface area contributed by atoms with Crippen LogP contribution in [0.1, 0.15) is 33.2 Å². The van der Waals surface area contributed by atoms with Crippen molar-refractivity contribution in [1.29, 1.82) is 0 Å². The summed E-state index contributed by atoms with van der Waals surface area (Å²) in [6.07, 6.45) is 2.05. The third-order valence-electron chi connectivity index (χ3n) is 4.11. The molecule has 6 heteroatoms. The van der Waals surface area contributed by atoms with Crippen molar-refractivity contribution in [2.45, 2.75) is 19.4 Å². The summed E-state index contributed by atoms with van der Waals surface area (Å²) in [6.45, 7) is 1.94. The number of hydrogen-bond donors (Lipinski definition) is 3. The largest absolute Gasteiger partial charge is 0.343 e. The number of benzene rings is 1. The second-order valence-electron chi connectivity index (χ2n) is 5.65. The smallest absolute Gasteiger partial charge is 0.251 e. The minimum Gasteiger partial charge on any atom is -0.343 e. The van der Waals surface area contributed by atoms with Gasteiger partial charge in [-0.25, -0.2) is 5.48 Å². The van der Waals surface area contributed by atoms with Gasteiger partial charge in [0.15, 0.2) is 0 Å². The number of fused-ring (bicyclic) bond motifs is 1. The first-order valence-corrected chi connectivity index (χ1v) is 7.35. The summed E-state index contributed by atoms with van der Waals surface area (Å²) in [5.74, 6) is -1.39. The topological polar surface area (TPSA) is 91.3 Å². The highest BCUT2D eigenvalue weighted by atomic mass is 16.5. The molecule has 3 N–H and O–H groups in total. The zero-order valence-electron chi connectivity index (χ0n) is 12.6. The molecule has 1 heterocycles. The van der Waals surface area contributed by atoms with Gasteiger partial charge in [-0.2, -0.15) is 0 Å². The van der Waals surface area contributed by atoms with E-state index in [9.17, 15) is 9.59 Å². The fourth-order valence-electron chi connectivity index (χ4n) is 2.87. The zero-order valence-corrected chi connectivity index (χ0v) is 12.6. The summed E-state index contributed by atoms with van der Waals surface area (Å²) < 4.78 is 0. The van der Waals surface area contributed by atoms with Gasteiger partial charge in [-0.3, -0.25) is 19.8 Å². The van der Waals surface area contributed by atoms with Gasteiger partial charge in [0.2, 0.25) is 5.91 Å². The summed E-state index contributed by atoms with van der Waals surface area (Å²) in [4.78, 5) is 28.7. The lowest BCUT2D eigenvalue weighted by Crippen LogP contribution is -2.39. The molecule has 1 aliphatic rings. The Kier molecular flexibility index (Phi) is 4.08. The van der Waals surface area contributed by atoms with Crippen molar-refractivity contribution < 1.29 is 14.8 Å². The standard InChI is InChI=1S/C17H17N3O3/c1-10-4-6-11(7-5-10)16(21)19-15-13(17(22)20-23)9-12-3-2-8-18-14(12)15/h2-8,13,15,23H,9H2,1H3,(H,19,21)(H,20,22)/t13-,15-/m0/s1. The summed E-state index contributed by atoms with van der Waals surface area (Å²) in [5, 5.41) is 11.8. The van der Waals surface area contributed by atoms with Gasteiger partial charge in [0, 0.05) is 11.8 Å². The van der Waals surface area contributed by atoms with E-state index in [2.05, 4.69) is 10.3 Å². The van der Waals surface area contributed by atoms with Gasteiger partial charge in [-0.15, -0.1) is 0 Å². The third kappa shape index (κ3) is 2.93. The van der Waals surface area contributed by atoms with Crippen LogP contribution in [0.15, 0.2) is 42.6 Å². The molecular formula is C17H17N3O3. The number of hydrogen-bond acceptors (Lipinski definition) is 4. The summed E-state index contributed by atoms with van der Waals surface area (Å²) in [6, 6.07) is 10.3. The predicted molar refractivity (Wildman–Crippen MR) is 82.7 cm³/mol. The summed E-state index contributed by atoms with van der Waals surface area (Å²) in [5.41, 5.74) is 4.82. The second kappa shape index (κ2) is 6.18. The molecule has 0 aliphatic heterocycles. The van der Waals surface area contributed by atoms with Gasteiger partial charge < -0.3 is 5.32 Å². The number of rotatable bonds is 3. The van der Waals surface area contributed by atoms with E-state index in [0.29, 0.717) is 17.7 Å². The molecule has 0 spiro atoms. The highest BCUT2D eigenvalue weighted by molar-refractivity contribution is 5.95. The number of aryl methyl sites for hydroxylation is 1. The molecule has 2 aromatic rings. The molecule has 1 aromatic carbocycles. The predicted octanol–water partition coefficient (Wildman–Crippen LogP) is 1.54. The van der Waals surface area contributed by atoms with Crippen LogP contribution in [0, 0.1) is 12.8 Å². The van der Waals surface area contributed by atoms with Crippen LogP contribution in [-0.2, 0) is 11.2 Å². The van der Waals surface area contributed by atoms with Crippen molar-refractivity contribution in [1.82, 2.24) is 15.8 Å². The Hall–Kier alpha value is -2.73. The fraction of sp³-hybridized carbons (Fsp3) is 0.235. The minimum absolute atomic E-state index is 0.274. The molecule has 118 valence electrons. The average molecular weight is 311 g/mol. The molecule has 0 fully saturated rings. The van der Waals surface area contributed by atoms with Gasteiger partial charge in [-0.05, 0) is 37.1 Å². The molecule has 0 saturated carbocycles. The number of nitrogens with zero attached hydrogens (tertiary/aromatic N) is 1. The Balaban J connectivity index is 1.87. The molecule has 23 heavy (non-hydrogen) atoms. The lowest BCUT2D eigenvalue weighted by atomic mass is 10.0. The SMILES string of the molecule is Cc1ccc(C(=O)N[C@@H]2c3ncccc3C[C@@H]2C(=O)NO)cc1. The molecule has 1 aliphatic carbocycles. The van der Waals surface area contributed by atoms with Crippen molar-refractivity contribution in [3.05, 3.63) is 65.0 Å². The fourth-order valence-corrected chi connectivity index (χ4v) is 2.87. The monoisotopic (exact) mass is 311 g/mol. The van der Waals surface area contributed by atoms with E-state index in [-0.39, 0.29) is 5.91 Å². The van der Waals surface area contributed by atoms with Crippen molar-refractivity contribution in [2.24, 2.45) is 5.92 Å². The lowest BCUT2D eigenvalue weighted by molar-refractivity contribution is -0.134. The van der Waals surface area contributed by atoms with E-state index in [0.717, 1.165) is 11.1 Å². The number of carbonyl (C=O) groups is 2. The van der Waals surface area contributed by atoms with Crippen LogP contribution in [-0.4, -0.2) is 22.0 Å². The number of aromatic nitrogens is 1. The molecule has 0 radical (unpaired) electrons. The van der Waals surface area contributed by atoms with Crippen LogP contribution in [0.4, 0.5) is 0 Å². The Labute approximate surface area is 133 Å². The van der Waals surface area contributed by atoms with E-state index < -0.39 is 17.9 Å². The molecular weight excluding hydrogens is 294 g/mol. The van der Waals surface area contributed by atoms with Crippen molar-refractivity contribution >= 4 is 11.8 Å². The molecule has 2 atom stereocenters. The quantitative estimate of drug-likeness (QED) is 0.592. The van der Waals surface area contributed by atoms with Gasteiger partial charge in [0.25, 0.3) is 5.91 Å². The zero-order chi connectivity index (χ0) is 16.4. The van der Waals surface area contributed by atoms with Crippen LogP contribution >= 0.6 is 0 Å². The third-order valence-corrected chi connectivity index (χ3v) is 4.11. The van der Waals surface area contributed by atoms with Gasteiger partial charge in [0.05, 0.1) is 17.7 Å². The van der Waals surface area contributed by atoms with Crippen LogP contribution in [0.2, 0.25) is 0 Å². The van der Waals surface area contributed by atoms with Crippen LogP contribution < -0.4 is 10.8 Å². The maximum Gasteiger partial charge on any atom is 0.251 e. The van der Waals surface area contributed by atoms with Crippen LogP contribution in [0.3, 0.4) is 0 Å². The molecule has 2 amide bonds. The van der Waals surface area contributed by atoms with Gasteiger partial charge in [-0.1, -0.05) is 23.8 Å². The maximum absolute atomic E-state index is 12.4. The number of amides is 2. The summed E-state index contributed by atoms with van der Waals surface area (Å²) in [7, 11) is 0. The van der Waals surface area contributed by atoms with E-state index >= 15 is 0 Å². The Morgan fingerprint density at radius 1 is 1.22 bits per heavy atom. The Morgan fingerprint density at radius 3 is 2.65 bits per heavy atom. The Morgan fingerprint density at radius 2 is 1.96 bits per heavy atom. The molecule has 0 bridgehead atoms. The van der Waals surface area contributed by atoms with Gasteiger partial charge in [0.1, 0.15) is 0 Å². The average Bonchev–Trinajstić information content (AvgIpc) is 2.93. The molecule has 3 rings (SSSR count). The van der Waals surface area contributed by atoms with Gasteiger partial charge >= 0.3 is 0 Å². The highest BCUT2D eigenvalue weighted by Crippen LogP contribution is 2.34. The van der Waals surface area contributed by atoms with Crippen molar-refractivity contribution in [2.75, 3.05) is 0 Å². The summed E-state index contributed by atoms with van der Waals surface area (Å²) >= 11 is 0. The van der Waals surface area contributed by atoms with Crippen LogP contribution in [0.25, 0.3) is 0 Å². The van der Waals surface area contributed by atoms with E-state index in [1.54, 1.807) is 29.9 Å². The molecule has 1 aromatic heterocycles.